The molecule has 4 rings (SSSR count). The highest BCUT2D eigenvalue weighted by molar-refractivity contribution is 5.75. The lowest BCUT2D eigenvalue weighted by Crippen LogP contribution is -2.49. The summed E-state index contributed by atoms with van der Waals surface area (Å²) in [5, 5.41) is 3.42. The van der Waals surface area contributed by atoms with E-state index in [0.717, 1.165) is 37.0 Å². The predicted molar refractivity (Wildman–Crippen MR) is 88.3 cm³/mol. The molecule has 0 atom stereocenters. The van der Waals surface area contributed by atoms with Crippen LogP contribution in [0.3, 0.4) is 0 Å². The highest BCUT2D eigenvalue weighted by Gasteiger charge is 2.28. The van der Waals surface area contributed by atoms with Gasteiger partial charge in [0.05, 0.1) is 11.0 Å². The largest absolute Gasteiger partial charge is 0.326 e. The van der Waals surface area contributed by atoms with Crippen LogP contribution in [0.15, 0.2) is 29.1 Å². The lowest BCUT2D eigenvalue weighted by Gasteiger charge is -2.39. The van der Waals surface area contributed by atoms with Crippen molar-refractivity contribution in [3.05, 3.63) is 34.7 Å². The molecule has 1 aliphatic heterocycles. The number of aromatic amines is 1. The lowest BCUT2D eigenvalue weighted by molar-refractivity contribution is 0.123. The van der Waals surface area contributed by atoms with E-state index in [1.54, 1.807) is 0 Å². The Bertz CT molecular complexity index is 690. The van der Waals surface area contributed by atoms with Crippen molar-refractivity contribution in [1.82, 2.24) is 19.8 Å². The van der Waals surface area contributed by atoms with E-state index in [0.29, 0.717) is 12.1 Å². The molecule has 2 aliphatic rings. The number of aromatic nitrogens is 2. The first-order chi connectivity index (χ1) is 10.8. The third-order valence-electron chi connectivity index (χ3n) is 5.32. The second-order valence-corrected chi connectivity index (χ2v) is 6.57. The van der Waals surface area contributed by atoms with E-state index >= 15 is 0 Å². The third-order valence-corrected chi connectivity index (χ3v) is 5.32. The number of nitrogens with zero attached hydrogens (tertiary/aromatic N) is 2. The van der Waals surface area contributed by atoms with Crippen LogP contribution in [-0.2, 0) is 0 Å². The molecule has 1 saturated carbocycles. The van der Waals surface area contributed by atoms with Gasteiger partial charge in [0, 0.05) is 38.3 Å². The zero-order valence-corrected chi connectivity index (χ0v) is 12.9. The van der Waals surface area contributed by atoms with Crippen LogP contribution in [0.1, 0.15) is 31.7 Å². The number of imidazole rings is 1. The van der Waals surface area contributed by atoms with Crippen molar-refractivity contribution in [2.24, 2.45) is 0 Å². The topological polar surface area (TPSA) is 53.1 Å². The number of rotatable bonds is 2. The number of H-pyrrole nitrogens is 1. The first-order valence-electron chi connectivity index (χ1n) is 8.47. The highest BCUT2D eigenvalue weighted by atomic mass is 16.1. The lowest BCUT2D eigenvalue weighted by atomic mass is 9.89. The quantitative estimate of drug-likeness (QED) is 0.888. The fraction of sp³-hybridized carbons (Fsp3) is 0.588. The summed E-state index contributed by atoms with van der Waals surface area (Å²) < 4.78 is 1.99. The summed E-state index contributed by atoms with van der Waals surface area (Å²) in [4.78, 5) is 17.9. The molecular formula is C17H24N4O. The molecule has 118 valence electrons. The predicted octanol–water partition coefficient (Wildman–Crippen LogP) is 1.72. The fourth-order valence-corrected chi connectivity index (χ4v) is 4.17. The molecule has 1 aliphatic carbocycles. The van der Waals surface area contributed by atoms with E-state index < -0.39 is 0 Å². The molecule has 0 radical (unpaired) electrons. The Morgan fingerprint density at radius 2 is 1.64 bits per heavy atom. The molecule has 1 saturated heterocycles. The van der Waals surface area contributed by atoms with Gasteiger partial charge >= 0.3 is 5.69 Å². The van der Waals surface area contributed by atoms with Crippen LogP contribution in [0.4, 0.5) is 0 Å². The minimum absolute atomic E-state index is 0.0480. The first kappa shape index (κ1) is 14.0. The number of piperazine rings is 1. The van der Waals surface area contributed by atoms with Crippen LogP contribution in [-0.4, -0.2) is 46.7 Å². The summed E-state index contributed by atoms with van der Waals surface area (Å²) >= 11 is 0. The van der Waals surface area contributed by atoms with E-state index in [1.807, 2.05) is 22.8 Å². The van der Waals surface area contributed by atoms with Crippen LogP contribution < -0.4 is 11.0 Å². The molecule has 1 aromatic carbocycles. The van der Waals surface area contributed by atoms with Gasteiger partial charge in [-0.15, -0.1) is 0 Å². The third kappa shape index (κ3) is 2.48. The number of fused-ring (bicyclic) bond motifs is 1. The Kier molecular flexibility index (Phi) is 3.76. The Morgan fingerprint density at radius 1 is 0.955 bits per heavy atom. The number of nitrogens with one attached hydrogen (secondary N) is 2. The van der Waals surface area contributed by atoms with Crippen LogP contribution in [0.25, 0.3) is 11.0 Å². The Balaban J connectivity index is 1.51. The van der Waals surface area contributed by atoms with Crippen molar-refractivity contribution in [1.29, 1.82) is 0 Å². The average Bonchev–Trinajstić information content (AvgIpc) is 2.91. The number of para-hydroxylation sites is 2. The molecule has 2 fully saturated rings. The van der Waals surface area contributed by atoms with Gasteiger partial charge < -0.3 is 10.3 Å². The summed E-state index contributed by atoms with van der Waals surface area (Å²) in [5.74, 6) is 0. The standard InChI is InChI=1S/C17H24N4O/c22-17-19-15-3-1-2-4-16(15)21(17)14-7-5-13(6-8-14)20-11-9-18-10-12-20/h1-4,13-14,18H,5-12H2,(H,19,22)/t13-,14-. The van der Waals surface area contributed by atoms with Crippen LogP contribution in [0.2, 0.25) is 0 Å². The summed E-state index contributed by atoms with van der Waals surface area (Å²) in [6.07, 6.45) is 4.62. The second-order valence-electron chi connectivity index (χ2n) is 6.57. The van der Waals surface area contributed by atoms with Crippen LogP contribution in [0, 0.1) is 0 Å². The van der Waals surface area contributed by atoms with Gasteiger partial charge in [0.15, 0.2) is 0 Å². The Morgan fingerprint density at radius 3 is 2.41 bits per heavy atom. The monoisotopic (exact) mass is 300 g/mol. The Hall–Kier alpha value is -1.59. The maximum atomic E-state index is 12.3. The summed E-state index contributed by atoms with van der Waals surface area (Å²) in [6.45, 7) is 4.56. The zero-order valence-electron chi connectivity index (χ0n) is 12.9. The normalized spacial score (nSPS) is 27.3. The smallest absolute Gasteiger partial charge is 0.314 e. The molecule has 0 bridgehead atoms. The van der Waals surface area contributed by atoms with E-state index in [-0.39, 0.29) is 5.69 Å². The van der Waals surface area contributed by atoms with Gasteiger partial charge in [-0.2, -0.15) is 0 Å². The van der Waals surface area contributed by atoms with E-state index in [4.69, 9.17) is 0 Å². The molecule has 0 spiro atoms. The number of hydrogen-bond acceptors (Lipinski definition) is 3. The van der Waals surface area contributed by atoms with E-state index in [1.165, 1.54) is 25.9 Å². The number of benzene rings is 1. The zero-order chi connectivity index (χ0) is 14.9. The van der Waals surface area contributed by atoms with Crippen molar-refractivity contribution >= 4 is 11.0 Å². The molecule has 2 heterocycles. The van der Waals surface area contributed by atoms with Gasteiger partial charge in [-0.1, -0.05) is 12.1 Å². The van der Waals surface area contributed by atoms with E-state index in [9.17, 15) is 4.79 Å². The van der Waals surface area contributed by atoms with Gasteiger partial charge in [0.1, 0.15) is 0 Å². The molecule has 2 N–H and O–H groups in total. The van der Waals surface area contributed by atoms with Gasteiger partial charge in [0.25, 0.3) is 0 Å². The minimum Gasteiger partial charge on any atom is -0.314 e. The van der Waals surface area contributed by atoms with E-state index in [2.05, 4.69) is 21.3 Å². The summed E-state index contributed by atoms with van der Waals surface area (Å²) in [6, 6.07) is 9.08. The van der Waals surface area contributed by atoms with Gasteiger partial charge in [-0.05, 0) is 37.8 Å². The molecule has 5 nitrogen and oxygen atoms in total. The number of hydrogen-bond donors (Lipinski definition) is 2. The average molecular weight is 300 g/mol. The first-order valence-corrected chi connectivity index (χ1v) is 8.47. The molecular weight excluding hydrogens is 276 g/mol. The van der Waals surface area contributed by atoms with Crippen molar-refractivity contribution < 1.29 is 0 Å². The molecule has 1 aromatic heterocycles. The molecule has 0 unspecified atom stereocenters. The summed E-state index contributed by atoms with van der Waals surface area (Å²) in [7, 11) is 0. The van der Waals surface area contributed by atoms with Crippen LogP contribution in [0.5, 0.6) is 0 Å². The molecule has 22 heavy (non-hydrogen) atoms. The minimum atomic E-state index is 0.0480. The maximum Gasteiger partial charge on any atom is 0.326 e. The Labute approximate surface area is 130 Å². The van der Waals surface area contributed by atoms with Crippen molar-refractivity contribution in [2.45, 2.75) is 37.8 Å². The van der Waals surface area contributed by atoms with Gasteiger partial charge in [-0.3, -0.25) is 9.47 Å². The van der Waals surface area contributed by atoms with Crippen molar-refractivity contribution in [3.63, 3.8) is 0 Å². The van der Waals surface area contributed by atoms with Gasteiger partial charge in [-0.25, -0.2) is 4.79 Å². The summed E-state index contributed by atoms with van der Waals surface area (Å²) in [5.41, 5.74) is 2.06. The SMILES string of the molecule is O=c1[nH]c2ccccc2n1[C@H]1CC[C@H](N2CCNCC2)CC1. The van der Waals surface area contributed by atoms with Crippen molar-refractivity contribution in [2.75, 3.05) is 26.2 Å². The van der Waals surface area contributed by atoms with Crippen molar-refractivity contribution in [3.8, 4) is 0 Å². The fourth-order valence-electron chi connectivity index (χ4n) is 4.17. The van der Waals surface area contributed by atoms with Gasteiger partial charge in [0.2, 0.25) is 0 Å². The highest BCUT2D eigenvalue weighted by Crippen LogP contribution is 2.32. The molecule has 2 aromatic rings. The van der Waals surface area contributed by atoms with Crippen LogP contribution >= 0.6 is 0 Å². The molecule has 0 amide bonds. The molecule has 5 heteroatoms. The second kappa shape index (κ2) is 5.89. The maximum absolute atomic E-state index is 12.3.